The van der Waals surface area contributed by atoms with Crippen molar-refractivity contribution in [3.05, 3.63) is 0 Å². The van der Waals surface area contributed by atoms with Crippen LogP contribution >= 0.6 is 0 Å². The van der Waals surface area contributed by atoms with E-state index in [0.29, 0.717) is 22.3 Å². The summed E-state index contributed by atoms with van der Waals surface area (Å²) in [5, 5.41) is 0. The molecule has 0 aliphatic carbocycles. The van der Waals surface area contributed by atoms with E-state index in [-0.39, 0.29) is 0 Å². The van der Waals surface area contributed by atoms with E-state index < -0.39 is 0 Å². The molecule has 0 aromatic heterocycles. The van der Waals surface area contributed by atoms with Crippen molar-refractivity contribution in [3.63, 3.8) is 0 Å². The van der Waals surface area contributed by atoms with Gasteiger partial charge in [0.2, 0.25) is 0 Å². The van der Waals surface area contributed by atoms with E-state index in [1.54, 1.807) is 0 Å². The van der Waals surface area contributed by atoms with Crippen molar-refractivity contribution in [2.75, 3.05) is 14.1 Å². The Labute approximate surface area is 142 Å². The average Bonchev–Trinajstić information content (AvgIpc) is 2.43. The summed E-state index contributed by atoms with van der Waals surface area (Å²) in [5.41, 5.74) is 1.16. The molecule has 22 heavy (non-hydrogen) atoms. The van der Waals surface area contributed by atoms with Crippen LogP contribution in [0.5, 0.6) is 0 Å². The van der Waals surface area contributed by atoms with E-state index in [2.05, 4.69) is 81.3 Å². The fraction of sp³-hybridized carbons (Fsp3) is 1.00. The fourth-order valence-corrected chi connectivity index (χ4v) is 4.86. The second-order valence-electron chi connectivity index (χ2n) is 9.36. The second kappa shape index (κ2) is 8.18. The third-order valence-electron chi connectivity index (χ3n) is 6.86. The second-order valence-corrected chi connectivity index (χ2v) is 9.36. The van der Waals surface area contributed by atoms with E-state index in [0.717, 1.165) is 5.92 Å². The molecule has 2 atom stereocenters. The Hall–Kier alpha value is -0.0400. The van der Waals surface area contributed by atoms with Gasteiger partial charge in [0.05, 0.1) is 0 Å². The first-order chi connectivity index (χ1) is 9.91. The van der Waals surface area contributed by atoms with Crippen LogP contribution in [-0.4, -0.2) is 25.0 Å². The molecule has 0 aromatic carbocycles. The standard InChI is InChI=1S/C21H45N/c1-12-17(16-21(9,14-3)15-4)20(7,8)18(22(10)11)19(5,6)13-2/h17-18H,12-16H2,1-11H3. The molecule has 0 saturated heterocycles. The maximum atomic E-state index is 2.52. The third-order valence-corrected chi connectivity index (χ3v) is 6.86. The van der Waals surface area contributed by atoms with Crippen LogP contribution < -0.4 is 0 Å². The van der Waals surface area contributed by atoms with E-state index in [1.807, 2.05) is 0 Å². The lowest BCUT2D eigenvalue weighted by atomic mass is 9.58. The molecule has 0 saturated carbocycles. The maximum Gasteiger partial charge on any atom is 0.0194 e. The molecule has 0 radical (unpaired) electrons. The highest BCUT2D eigenvalue weighted by atomic mass is 15.1. The highest BCUT2D eigenvalue weighted by molar-refractivity contribution is 4.98. The molecular weight excluding hydrogens is 266 g/mol. The van der Waals surface area contributed by atoms with Gasteiger partial charge in [-0.1, -0.05) is 81.6 Å². The Balaban J connectivity index is 5.60. The highest BCUT2D eigenvalue weighted by Crippen LogP contribution is 2.49. The van der Waals surface area contributed by atoms with Gasteiger partial charge in [0.15, 0.2) is 0 Å². The zero-order valence-corrected chi connectivity index (χ0v) is 17.6. The van der Waals surface area contributed by atoms with Crippen LogP contribution in [0.1, 0.15) is 94.4 Å². The molecule has 1 heteroatoms. The average molecular weight is 312 g/mol. The van der Waals surface area contributed by atoms with Crippen molar-refractivity contribution in [1.82, 2.24) is 4.90 Å². The van der Waals surface area contributed by atoms with Gasteiger partial charge in [-0.05, 0) is 49.1 Å². The summed E-state index contributed by atoms with van der Waals surface area (Å²) in [7, 11) is 4.55. The van der Waals surface area contributed by atoms with Gasteiger partial charge < -0.3 is 4.90 Å². The van der Waals surface area contributed by atoms with E-state index >= 15 is 0 Å². The van der Waals surface area contributed by atoms with Crippen molar-refractivity contribution >= 4 is 0 Å². The summed E-state index contributed by atoms with van der Waals surface area (Å²) in [5.74, 6) is 0.774. The van der Waals surface area contributed by atoms with Gasteiger partial charge in [0, 0.05) is 6.04 Å². The number of hydrogen-bond donors (Lipinski definition) is 0. The summed E-state index contributed by atoms with van der Waals surface area (Å²) in [4.78, 5) is 2.49. The first kappa shape index (κ1) is 22.0. The number of hydrogen-bond acceptors (Lipinski definition) is 1. The molecule has 0 aromatic rings. The van der Waals surface area contributed by atoms with Crippen LogP contribution in [0.4, 0.5) is 0 Å². The van der Waals surface area contributed by atoms with Gasteiger partial charge in [0.25, 0.3) is 0 Å². The molecule has 134 valence electrons. The van der Waals surface area contributed by atoms with Crippen LogP contribution in [0.3, 0.4) is 0 Å². The zero-order chi connectivity index (χ0) is 17.8. The highest BCUT2D eigenvalue weighted by Gasteiger charge is 2.46. The first-order valence-electron chi connectivity index (χ1n) is 9.58. The Morgan fingerprint density at radius 1 is 0.773 bits per heavy atom. The predicted molar refractivity (Wildman–Crippen MR) is 102 cm³/mol. The van der Waals surface area contributed by atoms with Crippen LogP contribution in [0, 0.1) is 22.2 Å². The van der Waals surface area contributed by atoms with Gasteiger partial charge >= 0.3 is 0 Å². The topological polar surface area (TPSA) is 3.24 Å². The van der Waals surface area contributed by atoms with Crippen LogP contribution in [0.15, 0.2) is 0 Å². The minimum atomic E-state index is 0.323. The molecule has 0 aliphatic rings. The smallest absolute Gasteiger partial charge is 0.0194 e. The van der Waals surface area contributed by atoms with Gasteiger partial charge in [-0.15, -0.1) is 0 Å². The van der Waals surface area contributed by atoms with Gasteiger partial charge in [-0.3, -0.25) is 0 Å². The van der Waals surface area contributed by atoms with Crippen molar-refractivity contribution in [2.24, 2.45) is 22.2 Å². The molecule has 1 nitrogen and oxygen atoms in total. The minimum absolute atomic E-state index is 0.323. The normalized spacial score (nSPS) is 16.9. The van der Waals surface area contributed by atoms with Crippen molar-refractivity contribution in [3.8, 4) is 0 Å². The van der Waals surface area contributed by atoms with Crippen molar-refractivity contribution in [1.29, 1.82) is 0 Å². The largest absolute Gasteiger partial charge is 0.305 e. The fourth-order valence-electron chi connectivity index (χ4n) is 4.86. The number of rotatable bonds is 10. The summed E-state index contributed by atoms with van der Waals surface area (Å²) >= 11 is 0. The SMILES string of the molecule is CCC(CC(C)(CC)CC)C(C)(C)C(N(C)C)C(C)(C)CC. The first-order valence-corrected chi connectivity index (χ1v) is 9.58. The van der Waals surface area contributed by atoms with Crippen molar-refractivity contribution < 1.29 is 0 Å². The molecule has 0 bridgehead atoms. The minimum Gasteiger partial charge on any atom is -0.305 e. The Morgan fingerprint density at radius 3 is 1.50 bits per heavy atom. The Kier molecular flexibility index (Phi) is 8.16. The monoisotopic (exact) mass is 311 g/mol. The van der Waals surface area contributed by atoms with E-state index in [1.165, 1.54) is 32.1 Å². The summed E-state index contributed by atoms with van der Waals surface area (Å²) in [6.07, 6.45) is 6.45. The lowest BCUT2D eigenvalue weighted by molar-refractivity contribution is -0.0260. The Morgan fingerprint density at radius 2 is 1.23 bits per heavy atom. The third kappa shape index (κ3) is 4.98. The summed E-state index contributed by atoms with van der Waals surface area (Å²) in [6, 6.07) is 0.605. The summed E-state index contributed by atoms with van der Waals surface area (Å²) < 4.78 is 0. The van der Waals surface area contributed by atoms with Crippen molar-refractivity contribution in [2.45, 2.75) is 100 Å². The lowest BCUT2D eigenvalue weighted by Gasteiger charge is -2.53. The zero-order valence-electron chi connectivity index (χ0n) is 17.6. The lowest BCUT2D eigenvalue weighted by Crippen LogP contribution is -2.54. The van der Waals surface area contributed by atoms with E-state index in [4.69, 9.17) is 0 Å². The molecule has 0 fully saturated rings. The van der Waals surface area contributed by atoms with Crippen LogP contribution in [0.2, 0.25) is 0 Å². The molecule has 0 amide bonds. The molecule has 0 rings (SSSR count). The Bertz CT molecular complexity index is 310. The summed E-state index contributed by atoms with van der Waals surface area (Å²) in [6.45, 7) is 21.9. The predicted octanol–water partition coefficient (Wildman–Crippen LogP) is 6.62. The quantitative estimate of drug-likeness (QED) is 0.438. The van der Waals surface area contributed by atoms with Gasteiger partial charge in [-0.2, -0.15) is 0 Å². The molecular formula is C21H45N. The molecule has 2 unspecified atom stereocenters. The van der Waals surface area contributed by atoms with E-state index in [9.17, 15) is 0 Å². The van der Waals surface area contributed by atoms with Gasteiger partial charge in [-0.25, -0.2) is 0 Å². The van der Waals surface area contributed by atoms with Crippen LogP contribution in [-0.2, 0) is 0 Å². The van der Waals surface area contributed by atoms with Gasteiger partial charge in [0.1, 0.15) is 0 Å². The molecule has 0 heterocycles. The van der Waals surface area contributed by atoms with Crippen LogP contribution in [0.25, 0.3) is 0 Å². The molecule has 0 N–H and O–H groups in total. The molecule has 0 aliphatic heterocycles. The molecule has 0 spiro atoms. The number of nitrogens with zero attached hydrogens (tertiary/aromatic N) is 1. The maximum absolute atomic E-state index is 2.52.